The van der Waals surface area contributed by atoms with E-state index in [1.54, 1.807) is 4.90 Å². The van der Waals surface area contributed by atoms with Gasteiger partial charge in [-0.3, -0.25) is 0 Å². The fourth-order valence-corrected chi connectivity index (χ4v) is 1.82. The van der Waals surface area contributed by atoms with Gasteiger partial charge < -0.3 is 15.0 Å². The van der Waals surface area contributed by atoms with E-state index in [0.717, 1.165) is 5.69 Å². The number of carbonyl (C=O) groups excluding carboxylic acids is 1. The third-order valence-electron chi connectivity index (χ3n) is 2.68. The summed E-state index contributed by atoms with van der Waals surface area (Å²) in [6.45, 7) is 7.03. The maximum Gasteiger partial charge on any atom is 0.410 e. The van der Waals surface area contributed by atoms with Crippen LogP contribution in [0.15, 0.2) is 30.3 Å². The zero-order chi connectivity index (χ0) is 13.2. The molecule has 0 aromatic heterocycles. The smallest absolute Gasteiger partial charge is 0.410 e. The number of benzene rings is 1. The van der Waals surface area contributed by atoms with Crippen LogP contribution in [0.5, 0.6) is 0 Å². The van der Waals surface area contributed by atoms with Gasteiger partial charge in [-0.15, -0.1) is 0 Å². The normalized spacial score (nSPS) is 16.1. The largest absolute Gasteiger partial charge is 0.444 e. The van der Waals surface area contributed by atoms with E-state index >= 15 is 0 Å². The molecule has 2 rings (SSSR count). The SMILES string of the molecule is CC(C)(C)OC(=O)N1CC(Nc2ccccc2)C1. The van der Waals surface area contributed by atoms with Gasteiger partial charge in [-0.2, -0.15) is 0 Å². The van der Waals surface area contributed by atoms with Gasteiger partial charge in [-0.25, -0.2) is 4.79 Å². The highest BCUT2D eigenvalue weighted by Crippen LogP contribution is 2.18. The first-order chi connectivity index (χ1) is 8.44. The second-order valence-corrected chi connectivity index (χ2v) is 5.59. The summed E-state index contributed by atoms with van der Waals surface area (Å²) in [7, 11) is 0. The fraction of sp³-hybridized carbons (Fsp3) is 0.500. The van der Waals surface area contributed by atoms with Gasteiger partial charge in [0.15, 0.2) is 0 Å². The molecule has 1 aromatic carbocycles. The number of carbonyl (C=O) groups is 1. The van der Waals surface area contributed by atoms with Crippen LogP contribution >= 0.6 is 0 Å². The predicted molar refractivity (Wildman–Crippen MR) is 71.7 cm³/mol. The van der Waals surface area contributed by atoms with E-state index < -0.39 is 5.60 Å². The van der Waals surface area contributed by atoms with E-state index in [9.17, 15) is 4.79 Å². The molecule has 98 valence electrons. The van der Waals surface area contributed by atoms with Crippen LogP contribution in [-0.2, 0) is 4.74 Å². The summed E-state index contributed by atoms with van der Waals surface area (Å²) < 4.78 is 5.30. The quantitative estimate of drug-likeness (QED) is 0.875. The number of ether oxygens (including phenoxy) is 1. The second-order valence-electron chi connectivity index (χ2n) is 5.59. The Hall–Kier alpha value is -1.71. The van der Waals surface area contributed by atoms with Gasteiger partial charge >= 0.3 is 6.09 Å². The highest BCUT2D eigenvalue weighted by Gasteiger charge is 2.33. The molecule has 1 aliphatic rings. The molecule has 1 aliphatic heterocycles. The number of para-hydroxylation sites is 1. The van der Waals surface area contributed by atoms with Crippen molar-refractivity contribution in [3.05, 3.63) is 30.3 Å². The number of amides is 1. The molecule has 0 aliphatic carbocycles. The molecule has 1 amide bonds. The Morgan fingerprint density at radius 3 is 2.44 bits per heavy atom. The first-order valence-electron chi connectivity index (χ1n) is 6.23. The molecule has 4 nitrogen and oxygen atoms in total. The maximum atomic E-state index is 11.7. The summed E-state index contributed by atoms with van der Waals surface area (Å²) in [6, 6.07) is 10.3. The van der Waals surface area contributed by atoms with Gasteiger partial charge in [0, 0.05) is 18.8 Å². The monoisotopic (exact) mass is 248 g/mol. The Labute approximate surface area is 108 Å². The van der Waals surface area contributed by atoms with Gasteiger partial charge in [0.25, 0.3) is 0 Å². The van der Waals surface area contributed by atoms with E-state index in [1.165, 1.54) is 0 Å². The first-order valence-corrected chi connectivity index (χ1v) is 6.23. The van der Waals surface area contributed by atoms with Gasteiger partial charge in [0.2, 0.25) is 0 Å². The van der Waals surface area contributed by atoms with Crippen molar-refractivity contribution >= 4 is 11.8 Å². The van der Waals surface area contributed by atoms with Crippen molar-refractivity contribution in [2.24, 2.45) is 0 Å². The van der Waals surface area contributed by atoms with Crippen molar-refractivity contribution < 1.29 is 9.53 Å². The van der Waals surface area contributed by atoms with Crippen molar-refractivity contribution in [1.29, 1.82) is 0 Å². The molecule has 4 heteroatoms. The molecule has 1 fully saturated rings. The minimum Gasteiger partial charge on any atom is -0.444 e. The molecule has 0 radical (unpaired) electrons. The maximum absolute atomic E-state index is 11.7. The summed E-state index contributed by atoms with van der Waals surface area (Å²) in [5, 5.41) is 3.38. The molecule has 1 saturated heterocycles. The lowest BCUT2D eigenvalue weighted by atomic mass is 10.1. The average Bonchev–Trinajstić information content (AvgIpc) is 2.21. The molecule has 0 atom stereocenters. The van der Waals surface area contributed by atoms with E-state index in [0.29, 0.717) is 19.1 Å². The topological polar surface area (TPSA) is 41.6 Å². The molecule has 1 heterocycles. The Bertz CT molecular complexity index is 406. The zero-order valence-electron chi connectivity index (χ0n) is 11.1. The van der Waals surface area contributed by atoms with Gasteiger partial charge in [0.1, 0.15) is 5.60 Å². The van der Waals surface area contributed by atoms with E-state index in [-0.39, 0.29) is 6.09 Å². The molecule has 0 saturated carbocycles. The number of nitrogens with zero attached hydrogens (tertiary/aromatic N) is 1. The lowest BCUT2D eigenvalue weighted by Crippen LogP contribution is -2.57. The van der Waals surface area contributed by atoms with Crippen LogP contribution in [0.25, 0.3) is 0 Å². The summed E-state index contributed by atoms with van der Waals surface area (Å²) in [6.07, 6.45) is -0.228. The number of likely N-dealkylation sites (tertiary alicyclic amines) is 1. The molecular formula is C14H20N2O2. The van der Waals surface area contributed by atoms with Crippen LogP contribution in [0.1, 0.15) is 20.8 Å². The summed E-state index contributed by atoms with van der Waals surface area (Å²) in [4.78, 5) is 13.4. The number of nitrogens with one attached hydrogen (secondary N) is 1. The summed E-state index contributed by atoms with van der Waals surface area (Å²) in [5.74, 6) is 0. The van der Waals surface area contributed by atoms with Crippen LogP contribution in [-0.4, -0.2) is 35.7 Å². The number of hydrogen-bond donors (Lipinski definition) is 1. The Kier molecular flexibility index (Phi) is 3.45. The fourth-order valence-electron chi connectivity index (χ4n) is 1.82. The molecule has 1 aromatic rings. The van der Waals surface area contributed by atoms with Crippen molar-refractivity contribution in [2.45, 2.75) is 32.4 Å². The van der Waals surface area contributed by atoms with Crippen LogP contribution in [0.4, 0.5) is 10.5 Å². The number of hydrogen-bond acceptors (Lipinski definition) is 3. The standard InChI is InChI=1S/C14H20N2O2/c1-14(2,3)18-13(17)16-9-12(10-16)15-11-7-5-4-6-8-11/h4-8,12,15H,9-10H2,1-3H3. The molecule has 1 N–H and O–H groups in total. The van der Waals surface area contributed by atoms with Gasteiger partial charge in [-0.1, -0.05) is 18.2 Å². The lowest BCUT2D eigenvalue weighted by Gasteiger charge is -2.40. The lowest BCUT2D eigenvalue weighted by molar-refractivity contribution is 0.0105. The highest BCUT2D eigenvalue weighted by molar-refractivity contribution is 5.69. The third kappa shape index (κ3) is 3.39. The van der Waals surface area contributed by atoms with E-state index in [2.05, 4.69) is 5.32 Å². The van der Waals surface area contributed by atoms with Crippen LogP contribution in [0, 0.1) is 0 Å². The van der Waals surface area contributed by atoms with Gasteiger partial charge in [0.05, 0.1) is 6.04 Å². The number of rotatable bonds is 2. The molecule has 0 spiro atoms. The minimum atomic E-state index is -0.422. The highest BCUT2D eigenvalue weighted by atomic mass is 16.6. The predicted octanol–water partition coefficient (Wildman–Crippen LogP) is 2.72. The van der Waals surface area contributed by atoms with Crippen LogP contribution in [0.3, 0.4) is 0 Å². The Balaban J connectivity index is 1.76. The molecule has 0 unspecified atom stereocenters. The van der Waals surface area contributed by atoms with Crippen LogP contribution in [0.2, 0.25) is 0 Å². The number of anilines is 1. The summed E-state index contributed by atoms with van der Waals surface area (Å²) in [5.41, 5.74) is 0.668. The second kappa shape index (κ2) is 4.88. The van der Waals surface area contributed by atoms with Gasteiger partial charge in [-0.05, 0) is 32.9 Å². The van der Waals surface area contributed by atoms with Crippen molar-refractivity contribution in [1.82, 2.24) is 4.90 Å². The summed E-state index contributed by atoms with van der Waals surface area (Å²) >= 11 is 0. The van der Waals surface area contributed by atoms with E-state index in [4.69, 9.17) is 4.74 Å². The molecular weight excluding hydrogens is 228 g/mol. The molecule has 18 heavy (non-hydrogen) atoms. The Morgan fingerprint density at radius 2 is 1.89 bits per heavy atom. The Morgan fingerprint density at radius 1 is 1.28 bits per heavy atom. The molecule has 0 bridgehead atoms. The van der Waals surface area contributed by atoms with Crippen molar-refractivity contribution in [3.8, 4) is 0 Å². The average molecular weight is 248 g/mol. The minimum absolute atomic E-state index is 0.228. The van der Waals surface area contributed by atoms with Crippen molar-refractivity contribution in [3.63, 3.8) is 0 Å². The van der Waals surface area contributed by atoms with Crippen LogP contribution < -0.4 is 5.32 Å². The first kappa shape index (κ1) is 12.7. The third-order valence-corrected chi connectivity index (χ3v) is 2.68. The zero-order valence-corrected chi connectivity index (χ0v) is 11.1. The van der Waals surface area contributed by atoms with E-state index in [1.807, 2.05) is 51.1 Å². The van der Waals surface area contributed by atoms with Crippen molar-refractivity contribution in [2.75, 3.05) is 18.4 Å².